The molecule has 0 amide bonds. The van der Waals surface area contributed by atoms with Crippen LogP contribution in [0.5, 0.6) is 0 Å². The first-order chi connectivity index (χ1) is 10.7. The molecule has 0 unspecified atom stereocenters. The van der Waals surface area contributed by atoms with Crippen molar-refractivity contribution in [2.75, 3.05) is 0 Å². The van der Waals surface area contributed by atoms with E-state index in [0.29, 0.717) is 23.7 Å². The van der Waals surface area contributed by atoms with Crippen molar-refractivity contribution in [1.82, 2.24) is 24.5 Å². The van der Waals surface area contributed by atoms with E-state index in [0.717, 1.165) is 11.5 Å². The Balaban J connectivity index is 1.58. The van der Waals surface area contributed by atoms with Crippen LogP contribution in [0.2, 0.25) is 0 Å². The second kappa shape index (κ2) is 5.05. The van der Waals surface area contributed by atoms with E-state index in [1.54, 1.807) is 17.7 Å². The van der Waals surface area contributed by atoms with E-state index in [1.165, 1.54) is 18.9 Å². The van der Waals surface area contributed by atoms with Crippen LogP contribution in [-0.2, 0) is 6.54 Å². The third-order valence-electron chi connectivity index (χ3n) is 3.98. The van der Waals surface area contributed by atoms with Crippen LogP contribution in [0, 0.1) is 12.7 Å². The van der Waals surface area contributed by atoms with Gasteiger partial charge >= 0.3 is 0 Å². The summed E-state index contributed by atoms with van der Waals surface area (Å²) >= 11 is 0. The second-order valence-corrected chi connectivity index (χ2v) is 5.78. The summed E-state index contributed by atoms with van der Waals surface area (Å²) in [6.07, 6.45) is 8.06. The number of hydrogen-bond acceptors (Lipinski definition) is 3. The summed E-state index contributed by atoms with van der Waals surface area (Å²) < 4.78 is 17.4. The van der Waals surface area contributed by atoms with Gasteiger partial charge in [-0.25, -0.2) is 14.1 Å². The first-order valence-electron chi connectivity index (χ1n) is 7.39. The molecule has 0 aliphatic heterocycles. The predicted octanol–water partition coefficient (Wildman–Crippen LogP) is 2.84. The Morgan fingerprint density at radius 1 is 1.32 bits per heavy atom. The molecule has 0 atom stereocenters. The van der Waals surface area contributed by atoms with Crippen molar-refractivity contribution >= 4 is 0 Å². The molecule has 1 fully saturated rings. The highest BCUT2D eigenvalue weighted by Gasteiger charge is 2.27. The molecule has 1 saturated carbocycles. The van der Waals surface area contributed by atoms with Gasteiger partial charge in [0.25, 0.3) is 0 Å². The van der Waals surface area contributed by atoms with Crippen LogP contribution in [0.4, 0.5) is 4.39 Å². The third kappa shape index (κ3) is 2.41. The van der Waals surface area contributed by atoms with Crippen molar-refractivity contribution in [3.8, 4) is 5.69 Å². The zero-order chi connectivity index (χ0) is 15.1. The fourth-order valence-corrected chi connectivity index (χ4v) is 2.55. The number of nitrogens with zero attached hydrogens (tertiary/aromatic N) is 5. The van der Waals surface area contributed by atoms with Crippen LogP contribution in [0.1, 0.15) is 35.8 Å². The Bertz CT molecular complexity index is 816. The van der Waals surface area contributed by atoms with E-state index in [2.05, 4.69) is 19.9 Å². The highest BCUT2D eigenvalue weighted by atomic mass is 19.1. The maximum Gasteiger partial charge on any atom is 0.128 e. The van der Waals surface area contributed by atoms with E-state index in [-0.39, 0.29) is 5.82 Å². The first kappa shape index (κ1) is 13.2. The van der Waals surface area contributed by atoms with Crippen molar-refractivity contribution in [3.63, 3.8) is 0 Å². The lowest BCUT2D eigenvalue weighted by Gasteiger charge is -2.04. The van der Waals surface area contributed by atoms with Gasteiger partial charge in [0.2, 0.25) is 0 Å². The fraction of sp³-hybridized carbons (Fsp3) is 0.312. The van der Waals surface area contributed by atoms with Crippen molar-refractivity contribution in [3.05, 3.63) is 59.7 Å². The van der Waals surface area contributed by atoms with E-state index < -0.39 is 0 Å². The Morgan fingerprint density at radius 3 is 2.95 bits per heavy atom. The predicted molar refractivity (Wildman–Crippen MR) is 79.4 cm³/mol. The minimum Gasteiger partial charge on any atom is -0.329 e. The summed E-state index contributed by atoms with van der Waals surface area (Å²) in [4.78, 5) is 4.42. The van der Waals surface area contributed by atoms with E-state index in [9.17, 15) is 4.39 Å². The van der Waals surface area contributed by atoms with E-state index in [4.69, 9.17) is 0 Å². The SMILES string of the molecule is Cc1ccc(-n2cc(Cn3ccnc3C3CC3)nn2)cc1F. The summed E-state index contributed by atoms with van der Waals surface area (Å²) in [7, 11) is 0. The lowest BCUT2D eigenvalue weighted by atomic mass is 10.2. The summed E-state index contributed by atoms with van der Waals surface area (Å²) in [5.41, 5.74) is 2.13. The molecule has 22 heavy (non-hydrogen) atoms. The topological polar surface area (TPSA) is 48.5 Å². The van der Waals surface area contributed by atoms with Crippen LogP contribution in [0.3, 0.4) is 0 Å². The number of rotatable bonds is 4. The summed E-state index contributed by atoms with van der Waals surface area (Å²) in [5.74, 6) is 1.48. The number of hydrogen-bond donors (Lipinski definition) is 0. The Hall–Kier alpha value is -2.50. The molecular formula is C16H16FN5. The van der Waals surface area contributed by atoms with Gasteiger partial charge in [0.05, 0.1) is 18.4 Å². The molecule has 0 N–H and O–H groups in total. The fourth-order valence-electron chi connectivity index (χ4n) is 2.55. The number of aromatic nitrogens is 5. The van der Waals surface area contributed by atoms with Gasteiger partial charge in [-0.1, -0.05) is 11.3 Å². The number of benzene rings is 1. The lowest BCUT2D eigenvalue weighted by Crippen LogP contribution is -2.03. The average Bonchev–Trinajstić information content (AvgIpc) is 3.07. The molecule has 1 aliphatic carbocycles. The average molecular weight is 297 g/mol. The van der Waals surface area contributed by atoms with Crippen molar-refractivity contribution < 1.29 is 4.39 Å². The standard InChI is InChI=1S/C16H16FN5/c1-11-2-5-14(8-15(11)17)22-10-13(19-20-22)9-21-7-6-18-16(21)12-3-4-12/h2,5-8,10,12H,3-4,9H2,1H3. The molecule has 6 heteroatoms. The van der Waals surface area contributed by atoms with E-state index >= 15 is 0 Å². The molecule has 0 saturated heterocycles. The van der Waals surface area contributed by atoms with Crippen LogP contribution in [0.25, 0.3) is 5.69 Å². The van der Waals surface area contributed by atoms with Gasteiger partial charge in [-0.3, -0.25) is 0 Å². The van der Waals surface area contributed by atoms with Gasteiger partial charge in [0.15, 0.2) is 0 Å². The van der Waals surface area contributed by atoms with Crippen LogP contribution in [-0.4, -0.2) is 24.5 Å². The number of halogens is 1. The molecule has 1 aliphatic rings. The smallest absolute Gasteiger partial charge is 0.128 e. The molecule has 0 radical (unpaired) electrons. The molecule has 2 aromatic heterocycles. The van der Waals surface area contributed by atoms with Gasteiger partial charge < -0.3 is 4.57 Å². The number of aryl methyl sites for hydroxylation is 1. The first-order valence-corrected chi connectivity index (χ1v) is 7.39. The maximum atomic E-state index is 13.7. The Labute approximate surface area is 127 Å². The Morgan fingerprint density at radius 2 is 2.18 bits per heavy atom. The normalized spacial score (nSPS) is 14.5. The number of imidazole rings is 1. The highest BCUT2D eigenvalue weighted by molar-refractivity contribution is 5.34. The molecule has 5 nitrogen and oxygen atoms in total. The minimum atomic E-state index is -0.236. The molecular weight excluding hydrogens is 281 g/mol. The van der Waals surface area contributed by atoms with Crippen molar-refractivity contribution in [2.24, 2.45) is 0 Å². The lowest BCUT2D eigenvalue weighted by molar-refractivity contribution is 0.615. The minimum absolute atomic E-state index is 0.236. The van der Waals surface area contributed by atoms with Crippen LogP contribution >= 0.6 is 0 Å². The van der Waals surface area contributed by atoms with Gasteiger partial charge in [0.1, 0.15) is 17.3 Å². The molecule has 4 rings (SSSR count). The third-order valence-corrected chi connectivity index (χ3v) is 3.98. The largest absolute Gasteiger partial charge is 0.329 e. The van der Waals surface area contributed by atoms with Gasteiger partial charge in [-0.15, -0.1) is 5.10 Å². The molecule has 3 aromatic rings. The monoisotopic (exact) mass is 297 g/mol. The zero-order valence-electron chi connectivity index (χ0n) is 12.3. The molecule has 112 valence electrons. The summed E-state index contributed by atoms with van der Waals surface area (Å²) in [6.45, 7) is 2.38. The van der Waals surface area contributed by atoms with Gasteiger partial charge in [0, 0.05) is 18.3 Å². The molecule has 0 spiro atoms. The van der Waals surface area contributed by atoms with Gasteiger partial charge in [-0.2, -0.15) is 0 Å². The highest BCUT2D eigenvalue weighted by Crippen LogP contribution is 2.39. The molecule has 2 heterocycles. The zero-order valence-corrected chi connectivity index (χ0v) is 12.3. The van der Waals surface area contributed by atoms with Crippen LogP contribution in [0.15, 0.2) is 36.8 Å². The summed E-state index contributed by atoms with van der Waals surface area (Å²) in [6, 6.07) is 5.05. The van der Waals surface area contributed by atoms with E-state index in [1.807, 2.05) is 24.7 Å². The second-order valence-electron chi connectivity index (χ2n) is 5.78. The maximum absolute atomic E-state index is 13.7. The Kier molecular flexibility index (Phi) is 3.03. The quantitative estimate of drug-likeness (QED) is 0.744. The molecule has 1 aromatic carbocycles. The van der Waals surface area contributed by atoms with Crippen molar-refractivity contribution in [1.29, 1.82) is 0 Å². The van der Waals surface area contributed by atoms with Crippen molar-refractivity contribution in [2.45, 2.75) is 32.2 Å². The van der Waals surface area contributed by atoms with Gasteiger partial charge in [-0.05, 0) is 37.5 Å². The molecule has 0 bridgehead atoms. The summed E-state index contributed by atoms with van der Waals surface area (Å²) in [5, 5.41) is 8.28. The van der Waals surface area contributed by atoms with Crippen LogP contribution < -0.4 is 0 Å².